The molecule has 6 nitrogen and oxygen atoms in total. The minimum absolute atomic E-state index is 0.596. The van der Waals surface area contributed by atoms with Crippen molar-refractivity contribution in [3.63, 3.8) is 0 Å². The molecule has 3 aromatic rings. The van der Waals surface area contributed by atoms with Crippen molar-refractivity contribution in [1.29, 1.82) is 0 Å². The van der Waals surface area contributed by atoms with Crippen LogP contribution in [0.4, 0.5) is 0 Å². The Labute approximate surface area is 156 Å². The predicted octanol–water partition coefficient (Wildman–Crippen LogP) is 3.52. The van der Waals surface area contributed by atoms with Crippen LogP contribution in [0.25, 0.3) is 10.7 Å². The third kappa shape index (κ3) is 4.12. The van der Waals surface area contributed by atoms with Crippen LogP contribution in [0.5, 0.6) is 17.2 Å². The van der Waals surface area contributed by atoms with E-state index in [1.54, 1.807) is 38.9 Å². The molecular formula is C19H21N3O3S. The van der Waals surface area contributed by atoms with E-state index < -0.39 is 0 Å². The third-order valence-electron chi connectivity index (χ3n) is 3.80. The molecule has 0 saturated carbocycles. The van der Waals surface area contributed by atoms with Gasteiger partial charge >= 0.3 is 0 Å². The quantitative estimate of drug-likeness (QED) is 0.654. The molecule has 0 aliphatic heterocycles. The normalized spacial score (nSPS) is 10.6. The average Bonchev–Trinajstić information content (AvgIpc) is 3.16. The van der Waals surface area contributed by atoms with Crippen LogP contribution in [0.2, 0.25) is 0 Å². The highest BCUT2D eigenvalue weighted by Crippen LogP contribution is 2.38. The number of methoxy groups -OCH3 is 3. The van der Waals surface area contributed by atoms with Crippen molar-refractivity contribution in [2.75, 3.05) is 21.3 Å². The van der Waals surface area contributed by atoms with Crippen LogP contribution >= 0.6 is 11.3 Å². The Kier molecular flexibility index (Phi) is 6.04. The third-order valence-corrected chi connectivity index (χ3v) is 4.71. The minimum atomic E-state index is 0.596. The molecule has 0 bridgehead atoms. The van der Waals surface area contributed by atoms with Crippen molar-refractivity contribution < 1.29 is 14.2 Å². The molecule has 0 spiro atoms. The Morgan fingerprint density at radius 2 is 1.77 bits per heavy atom. The van der Waals surface area contributed by atoms with Gasteiger partial charge in [0.2, 0.25) is 5.75 Å². The largest absolute Gasteiger partial charge is 0.493 e. The molecule has 1 N–H and O–H groups in total. The molecule has 26 heavy (non-hydrogen) atoms. The second-order valence-electron chi connectivity index (χ2n) is 5.50. The zero-order valence-electron chi connectivity index (χ0n) is 15.0. The van der Waals surface area contributed by atoms with Crippen LogP contribution in [0.3, 0.4) is 0 Å². The molecule has 2 aromatic heterocycles. The lowest BCUT2D eigenvalue weighted by Gasteiger charge is -2.14. The molecule has 7 heteroatoms. The van der Waals surface area contributed by atoms with E-state index in [4.69, 9.17) is 14.2 Å². The Balaban J connectivity index is 1.64. The number of benzene rings is 1. The summed E-state index contributed by atoms with van der Waals surface area (Å²) in [6, 6.07) is 9.71. The molecule has 0 aliphatic rings. The van der Waals surface area contributed by atoms with E-state index in [2.05, 4.69) is 15.3 Å². The zero-order chi connectivity index (χ0) is 18.4. The number of nitrogens with one attached hydrogen (secondary N) is 1. The Morgan fingerprint density at radius 3 is 2.38 bits per heavy atom. The van der Waals surface area contributed by atoms with E-state index in [9.17, 15) is 0 Å². The lowest BCUT2D eigenvalue weighted by Crippen LogP contribution is -2.13. The van der Waals surface area contributed by atoms with Crippen molar-refractivity contribution in [3.05, 3.63) is 53.2 Å². The number of pyridine rings is 1. The number of nitrogens with zero attached hydrogens (tertiary/aromatic N) is 2. The Morgan fingerprint density at radius 1 is 1.00 bits per heavy atom. The molecule has 1 aromatic carbocycles. The molecule has 0 amide bonds. The molecule has 0 atom stereocenters. The van der Waals surface area contributed by atoms with Gasteiger partial charge in [0.15, 0.2) is 11.5 Å². The van der Waals surface area contributed by atoms with E-state index in [1.165, 1.54) is 0 Å². The second kappa shape index (κ2) is 8.64. The topological polar surface area (TPSA) is 65.5 Å². The van der Waals surface area contributed by atoms with E-state index in [0.29, 0.717) is 30.3 Å². The summed E-state index contributed by atoms with van der Waals surface area (Å²) in [6.45, 7) is 1.33. The van der Waals surface area contributed by atoms with Gasteiger partial charge in [0.1, 0.15) is 5.01 Å². The fraction of sp³-hybridized carbons (Fsp3) is 0.263. The molecular weight excluding hydrogens is 350 g/mol. The molecule has 0 radical (unpaired) electrons. The first-order chi connectivity index (χ1) is 12.7. The number of ether oxygens (including phenoxy) is 3. The van der Waals surface area contributed by atoms with Gasteiger partial charge in [-0.1, -0.05) is 6.07 Å². The highest BCUT2D eigenvalue weighted by Gasteiger charge is 2.13. The summed E-state index contributed by atoms with van der Waals surface area (Å²) in [5.74, 6) is 1.89. The van der Waals surface area contributed by atoms with Crippen molar-refractivity contribution in [2.45, 2.75) is 13.1 Å². The van der Waals surface area contributed by atoms with E-state index in [1.807, 2.05) is 35.7 Å². The molecule has 3 rings (SSSR count). The van der Waals surface area contributed by atoms with Crippen molar-refractivity contribution in [3.8, 4) is 28.0 Å². The molecule has 0 aliphatic carbocycles. The summed E-state index contributed by atoms with van der Waals surface area (Å²) in [5.41, 5.74) is 2.93. The maximum atomic E-state index is 5.39. The van der Waals surface area contributed by atoms with Crippen LogP contribution in [0, 0.1) is 0 Å². The Hall–Kier alpha value is -2.64. The number of hydrogen-bond acceptors (Lipinski definition) is 7. The zero-order valence-corrected chi connectivity index (χ0v) is 15.8. The minimum Gasteiger partial charge on any atom is -0.493 e. The Bertz CT molecular complexity index is 827. The maximum Gasteiger partial charge on any atom is 0.203 e. The molecule has 0 saturated heterocycles. The molecule has 0 unspecified atom stereocenters. The van der Waals surface area contributed by atoms with Gasteiger partial charge < -0.3 is 19.5 Å². The number of thiazole rings is 1. The van der Waals surface area contributed by atoms with Crippen molar-refractivity contribution in [2.24, 2.45) is 0 Å². The van der Waals surface area contributed by atoms with Gasteiger partial charge in [-0.3, -0.25) is 4.98 Å². The standard InChI is InChI=1S/C19H21N3O3S/c1-23-16-8-13(9-17(24-2)18(16)25-3)10-20-11-14-12-26-19(22-14)15-6-4-5-7-21-15/h4-9,12,20H,10-11H2,1-3H3. The predicted molar refractivity (Wildman–Crippen MR) is 102 cm³/mol. The van der Waals surface area contributed by atoms with Crippen LogP contribution in [-0.4, -0.2) is 31.3 Å². The first kappa shape index (κ1) is 18.2. The van der Waals surface area contributed by atoms with Gasteiger partial charge in [0.25, 0.3) is 0 Å². The second-order valence-corrected chi connectivity index (χ2v) is 6.35. The number of aromatic nitrogens is 2. The number of hydrogen-bond donors (Lipinski definition) is 1. The molecule has 2 heterocycles. The van der Waals surface area contributed by atoms with Gasteiger partial charge in [-0.25, -0.2) is 4.98 Å². The highest BCUT2D eigenvalue weighted by molar-refractivity contribution is 7.13. The fourth-order valence-corrected chi connectivity index (χ4v) is 3.36. The summed E-state index contributed by atoms with van der Waals surface area (Å²) in [4.78, 5) is 8.96. The van der Waals surface area contributed by atoms with Gasteiger partial charge in [-0.2, -0.15) is 0 Å². The van der Waals surface area contributed by atoms with Crippen LogP contribution in [0.15, 0.2) is 41.9 Å². The summed E-state index contributed by atoms with van der Waals surface area (Å²) in [5, 5.41) is 6.37. The van der Waals surface area contributed by atoms with Gasteiger partial charge in [0.05, 0.1) is 32.7 Å². The lowest BCUT2D eigenvalue weighted by atomic mass is 10.1. The van der Waals surface area contributed by atoms with Gasteiger partial charge in [0, 0.05) is 24.7 Å². The van der Waals surface area contributed by atoms with Crippen LogP contribution in [-0.2, 0) is 13.1 Å². The first-order valence-electron chi connectivity index (χ1n) is 8.10. The average molecular weight is 371 g/mol. The lowest BCUT2D eigenvalue weighted by molar-refractivity contribution is 0.323. The summed E-state index contributed by atoms with van der Waals surface area (Å²) in [6.07, 6.45) is 1.78. The smallest absolute Gasteiger partial charge is 0.203 e. The van der Waals surface area contributed by atoms with Crippen molar-refractivity contribution >= 4 is 11.3 Å². The monoisotopic (exact) mass is 371 g/mol. The fourth-order valence-electron chi connectivity index (χ4n) is 2.57. The van der Waals surface area contributed by atoms with Crippen molar-refractivity contribution in [1.82, 2.24) is 15.3 Å². The van der Waals surface area contributed by atoms with Crippen LogP contribution < -0.4 is 19.5 Å². The van der Waals surface area contributed by atoms with Gasteiger partial charge in [-0.05, 0) is 29.8 Å². The first-order valence-corrected chi connectivity index (χ1v) is 8.98. The molecule has 0 fully saturated rings. The summed E-state index contributed by atoms with van der Waals surface area (Å²) in [7, 11) is 4.82. The summed E-state index contributed by atoms with van der Waals surface area (Å²) < 4.78 is 16.1. The highest BCUT2D eigenvalue weighted by atomic mass is 32.1. The maximum absolute atomic E-state index is 5.39. The van der Waals surface area contributed by atoms with E-state index in [-0.39, 0.29) is 0 Å². The van der Waals surface area contributed by atoms with Gasteiger partial charge in [-0.15, -0.1) is 11.3 Å². The van der Waals surface area contributed by atoms with E-state index >= 15 is 0 Å². The van der Waals surface area contributed by atoms with E-state index in [0.717, 1.165) is 22.0 Å². The molecule has 136 valence electrons. The SMILES string of the molecule is COc1cc(CNCc2csc(-c3ccccn3)n2)cc(OC)c1OC. The number of rotatable bonds is 8. The van der Waals surface area contributed by atoms with Crippen LogP contribution in [0.1, 0.15) is 11.3 Å². The summed E-state index contributed by atoms with van der Waals surface area (Å²) >= 11 is 1.60.